The molecule has 4 heteroatoms. The predicted octanol–water partition coefficient (Wildman–Crippen LogP) is 1.15. The Morgan fingerprint density at radius 1 is 1.41 bits per heavy atom. The molecule has 0 saturated heterocycles. The molecule has 0 aliphatic rings. The van der Waals surface area contributed by atoms with E-state index in [0.29, 0.717) is 13.1 Å². The van der Waals surface area contributed by atoms with Gasteiger partial charge in [-0.15, -0.1) is 0 Å². The van der Waals surface area contributed by atoms with Gasteiger partial charge in [0.25, 0.3) is 5.91 Å². The lowest BCUT2D eigenvalue weighted by Crippen LogP contribution is -2.38. The van der Waals surface area contributed by atoms with Crippen molar-refractivity contribution in [1.82, 2.24) is 5.32 Å². The fourth-order valence-electron chi connectivity index (χ4n) is 1.55. The number of aryl methyl sites for hydroxylation is 2. The molecule has 0 spiro atoms. The van der Waals surface area contributed by atoms with E-state index < -0.39 is 6.10 Å². The van der Waals surface area contributed by atoms with Crippen LogP contribution in [0, 0.1) is 13.8 Å². The molecule has 0 radical (unpaired) electrons. The molecule has 1 aromatic carbocycles. The van der Waals surface area contributed by atoms with E-state index in [1.54, 1.807) is 6.92 Å². The van der Waals surface area contributed by atoms with Gasteiger partial charge < -0.3 is 15.8 Å². The molecule has 0 aromatic heterocycles. The Hall–Kier alpha value is -1.55. The van der Waals surface area contributed by atoms with Crippen LogP contribution in [0.3, 0.4) is 0 Å². The molecule has 0 saturated carbocycles. The molecule has 0 aliphatic carbocycles. The fourth-order valence-corrected chi connectivity index (χ4v) is 1.55. The Labute approximate surface area is 102 Å². The van der Waals surface area contributed by atoms with Gasteiger partial charge >= 0.3 is 0 Å². The predicted molar refractivity (Wildman–Crippen MR) is 68.1 cm³/mol. The summed E-state index contributed by atoms with van der Waals surface area (Å²) in [5.74, 6) is 0.640. The van der Waals surface area contributed by atoms with Crippen LogP contribution in [0.15, 0.2) is 18.2 Å². The summed E-state index contributed by atoms with van der Waals surface area (Å²) in [5, 5.41) is 2.70. The Morgan fingerprint density at radius 3 is 2.53 bits per heavy atom. The number of amides is 1. The number of nitrogens with one attached hydrogen (secondary N) is 1. The first kappa shape index (κ1) is 13.5. The first-order valence-corrected chi connectivity index (χ1v) is 5.77. The van der Waals surface area contributed by atoms with Gasteiger partial charge in [-0.2, -0.15) is 0 Å². The summed E-state index contributed by atoms with van der Waals surface area (Å²) in [6.45, 7) is 6.57. The van der Waals surface area contributed by atoms with Gasteiger partial charge in [0.05, 0.1) is 0 Å². The average Bonchev–Trinajstić information content (AvgIpc) is 2.30. The van der Waals surface area contributed by atoms with Crippen LogP contribution in [0.4, 0.5) is 0 Å². The fraction of sp³-hybridized carbons (Fsp3) is 0.462. The lowest BCUT2D eigenvalue weighted by Gasteiger charge is -2.17. The number of rotatable bonds is 5. The van der Waals surface area contributed by atoms with Gasteiger partial charge in [0, 0.05) is 13.1 Å². The first-order chi connectivity index (χ1) is 8.06. The molecular weight excluding hydrogens is 216 g/mol. The molecule has 94 valence electrons. The minimum absolute atomic E-state index is 0.141. The smallest absolute Gasteiger partial charge is 0.260 e. The number of nitrogens with two attached hydrogens (primary N) is 1. The summed E-state index contributed by atoms with van der Waals surface area (Å²) < 4.78 is 5.68. The van der Waals surface area contributed by atoms with E-state index >= 15 is 0 Å². The van der Waals surface area contributed by atoms with E-state index in [0.717, 1.165) is 16.9 Å². The average molecular weight is 236 g/mol. The number of ether oxygens (including phenoxy) is 1. The largest absolute Gasteiger partial charge is 0.480 e. The SMILES string of the molecule is Cc1cccc(C)c1OC(C)C(=O)NCCN. The standard InChI is InChI=1S/C13H20N2O2/c1-9-5-4-6-10(2)12(9)17-11(3)13(16)15-8-7-14/h4-6,11H,7-8,14H2,1-3H3,(H,15,16). The van der Waals surface area contributed by atoms with E-state index in [1.807, 2.05) is 32.0 Å². The third-order valence-electron chi connectivity index (χ3n) is 2.52. The highest BCUT2D eigenvalue weighted by Gasteiger charge is 2.15. The summed E-state index contributed by atoms with van der Waals surface area (Å²) in [5.41, 5.74) is 7.38. The molecule has 0 fully saturated rings. The summed E-state index contributed by atoms with van der Waals surface area (Å²) in [7, 11) is 0. The minimum Gasteiger partial charge on any atom is -0.480 e. The Balaban J connectivity index is 2.67. The first-order valence-electron chi connectivity index (χ1n) is 5.77. The van der Waals surface area contributed by atoms with Crippen molar-refractivity contribution in [2.75, 3.05) is 13.1 Å². The van der Waals surface area contributed by atoms with Crippen molar-refractivity contribution in [2.24, 2.45) is 5.73 Å². The zero-order chi connectivity index (χ0) is 12.8. The van der Waals surface area contributed by atoms with Crippen LogP contribution >= 0.6 is 0 Å². The minimum atomic E-state index is -0.513. The highest BCUT2D eigenvalue weighted by atomic mass is 16.5. The molecule has 1 amide bonds. The number of carbonyl (C=O) groups is 1. The summed E-state index contributed by atoms with van der Waals surface area (Å²) in [4.78, 5) is 11.6. The number of hydrogen-bond donors (Lipinski definition) is 2. The second-order valence-electron chi connectivity index (χ2n) is 4.06. The Morgan fingerprint density at radius 2 is 2.00 bits per heavy atom. The molecular formula is C13H20N2O2. The van der Waals surface area contributed by atoms with Crippen molar-refractivity contribution in [3.63, 3.8) is 0 Å². The van der Waals surface area contributed by atoms with E-state index in [9.17, 15) is 4.79 Å². The molecule has 17 heavy (non-hydrogen) atoms. The van der Waals surface area contributed by atoms with Crippen molar-refractivity contribution in [3.8, 4) is 5.75 Å². The zero-order valence-electron chi connectivity index (χ0n) is 10.6. The van der Waals surface area contributed by atoms with Gasteiger partial charge in [-0.3, -0.25) is 4.79 Å². The number of para-hydroxylation sites is 1. The van der Waals surface area contributed by atoms with E-state index in [1.165, 1.54) is 0 Å². The molecule has 1 aromatic rings. The molecule has 1 rings (SSSR count). The zero-order valence-corrected chi connectivity index (χ0v) is 10.6. The molecule has 1 unspecified atom stereocenters. The van der Waals surface area contributed by atoms with Crippen molar-refractivity contribution in [2.45, 2.75) is 26.9 Å². The Kier molecular flexibility index (Phi) is 4.97. The van der Waals surface area contributed by atoms with E-state index in [4.69, 9.17) is 10.5 Å². The van der Waals surface area contributed by atoms with E-state index in [2.05, 4.69) is 5.32 Å². The van der Waals surface area contributed by atoms with Crippen molar-refractivity contribution in [1.29, 1.82) is 0 Å². The van der Waals surface area contributed by atoms with Crippen LogP contribution in [-0.2, 0) is 4.79 Å². The summed E-state index contributed by atoms with van der Waals surface area (Å²) in [6, 6.07) is 5.90. The van der Waals surface area contributed by atoms with Crippen LogP contribution in [0.2, 0.25) is 0 Å². The quantitative estimate of drug-likeness (QED) is 0.806. The van der Waals surface area contributed by atoms with Gasteiger partial charge in [0.2, 0.25) is 0 Å². The second-order valence-corrected chi connectivity index (χ2v) is 4.06. The molecule has 3 N–H and O–H groups in total. The summed E-state index contributed by atoms with van der Waals surface area (Å²) >= 11 is 0. The third-order valence-corrected chi connectivity index (χ3v) is 2.52. The van der Waals surface area contributed by atoms with Crippen LogP contribution in [0.25, 0.3) is 0 Å². The third kappa shape index (κ3) is 3.75. The lowest BCUT2D eigenvalue weighted by atomic mass is 10.1. The van der Waals surface area contributed by atoms with Crippen molar-refractivity contribution >= 4 is 5.91 Å². The molecule has 0 bridgehead atoms. The monoisotopic (exact) mass is 236 g/mol. The van der Waals surface area contributed by atoms with Gasteiger partial charge in [0.15, 0.2) is 6.10 Å². The highest BCUT2D eigenvalue weighted by molar-refractivity contribution is 5.80. The highest BCUT2D eigenvalue weighted by Crippen LogP contribution is 2.23. The van der Waals surface area contributed by atoms with Crippen molar-refractivity contribution in [3.05, 3.63) is 29.3 Å². The molecule has 0 heterocycles. The van der Waals surface area contributed by atoms with Crippen LogP contribution < -0.4 is 15.8 Å². The second kappa shape index (κ2) is 6.25. The Bertz CT molecular complexity index is 371. The van der Waals surface area contributed by atoms with E-state index in [-0.39, 0.29) is 5.91 Å². The molecule has 4 nitrogen and oxygen atoms in total. The maximum absolute atomic E-state index is 11.6. The van der Waals surface area contributed by atoms with Gasteiger partial charge in [0.1, 0.15) is 5.75 Å². The van der Waals surface area contributed by atoms with Gasteiger partial charge in [-0.25, -0.2) is 0 Å². The summed E-state index contributed by atoms with van der Waals surface area (Å²) in [6.07, 6.45) is -0.513. The van der Waals surface area contributed by atoms with Gasteiger partial charge in [-0.05, 0) is 31.9 Å². The topological polar surface area (TPSA) is 64.3 Å². The lowest BCUT2D eigenvalue weighted by molar-refractivity contribution is -0.127. The number of hydrogen-bond acceptors (Lipinski definition) is 3. The van der Waals surface area contributed by atoms with Crippen LogP contribution in [0.5, 0.6) is 5.75 Å². The normalized spacial score (nSPS) is 12.0. The van der Waals surface area contributed by atoms with Gasteiger partial charge in [-0.1, -0.05) is 18.2 Å². The molecule has 1 atom stereocenters. The maximum atomic E-state index is 11.6. The van der Waals surface area contributed by atoms with Crippen LogP contribution in [0.1, 0.15) is 18.1 Å². The molecule has 0 aliphatic heterocycles. The van der Waals surface area contributed by atoms with Crippen molar-refractivity contribution < 1.29 is 9.53 Å². The van der Waals surface area contributed by atoms with Crippen LogP contribution in [-0.4, -0.2) is 25.1 Å². The number of carbonyl (C=O) groups excluding carboxylic acids is 1. The number of benzene rings is 1. The maximum Gasteiger partial charge on any atom is 0.260 e.